The fourth-order valence-corrected chi connectivity index (χ4v) is 5.02. The summed E-state index contributed by atoms with van der Waals surface area (Å²) in [7, 11) is 2.02. The molecule has 0 saturated carbocycles. The SMILES string of the molecule is CC1CN(C(=O)OC(C)(C)C)C(=O)c2cc(-c3ccnc(Nc4cc(N5CCN(C)CC5)ccc4OC(F)(F)F)n3)[nH]c21. The minimum Gasteiger partial charge on any atom is -0.443 e. The first-order valence-electron chi connectivity index (χ1n) is 13.9. The van der Waals surface area contributed by atoms with Gasteiger partial charge in [0.15, 0.2) is 5.75 Å². The summed E-state index contributed by atoms with van der Waals surface area (Å²) in [6.07, 6.45) is -4.16. The number of H-pyrrole nitrogens is 1. The van der Waals surface area contributed by atoms with Crippen LogP contribution in [0, 0.1) is 0 Å². The Morgan fingerprint density at radius 1 is 1.09 bits per heavy atom. The summed E-state index contributed by atoms with van der Waals surface area (Å²) in [5.41, 5.74) is 1.86. The number of rotatable bonds is 5. The number of halogens is 3. The van der Waals surface area contributed by atoms with Gasteiger partial charge in [0.2, 0.25) is 5.95 Å². The Morgan fingerprint density at radius 2 is 1.81 bits per heavy atom. The largest absolute Gasteiger partial charge is 0.573 e. The van der Waals surface area contributed by atoms with Gasteiger partial charge in [-0.05, 0) is 58.2 Å². The van der Waals surface area contributed by atoms with E-state index in [9.17, 15) is 22.8 Å². The van der Waals surface area contributed by atoms with Gasteiger partial charge < -0.3 is 29.6 Å². The number of nitrogens with zero attached hydrogens (tertiary/aromatic N) is 5. The predicted octanol–water partition coefficient (Wildman–Crippen LogP) is 5.36. The molecule has 0 radical (unpaired) electrons. The second-order valence-electron chi connectivity index (χ2n) is 11.7. The molecule has 230 valence electrons. The lowest BCUT2D eigenvalue weighted by molar-refractivity contribution is -0.274. The monoisotopic (exact) mass is 601 g/mol. The van der Waals surface area contributed by atoms with E-state index in [1.165, 1.54) is 12.3 Å². The zero-order chi connectivity index (χ0) is 31.1. The average Bonchev–Trinajstić information content (AvgIpc) is 3.37. The number of aromatic amines is 1. The molecule has 3 aromatic rings. The van der Waals surface area contributed by atoms with Crippen LogP contribution < -0.4 is 15.0 Å². The van der Waals surface area contributed by atoms with Gasteiger partial charge in [0.1, 0.15) is 5.60 Å². The van der Waals surface area contributed by atoms with Crippen molar-refractivity contribution in [3.63, 3.8) is 0 Å². The number of piperazine rings is 1. The fraction of sp³-hybridized carbons (Fsp3) is 0.448. The highest BCUT2D eigenvalue weighted by Crippen LogP contribution is 2.36. The standard InChI is InChI=1S/C29H34F3N7O4/c1-17-16-39(27(41)43-28(2,3)4)25(40)19-15-21(34-24(17)19)20-8-9-33-26(35-20)36-22-14-18(38-12-10-37(5)11-13-38)6-7-23(22)42-29(30,31)32/h6-9,14-15,17,34H,10-13,16H2,1-5H3,(H,33,35,36). The molecule has 2 N–H and O–H groups in total. The molecular formula is C29H34F3N7O4. The lowest BCUT2D eigenvalue weighted by Gasteiger charge is -2.34. The topological polar surface area (TPSA) is 116 Å². The van der Waals surface area contributed by atoms with Gasteiger partial charge in [-0.15, -0.1) is 13.2 Å². The van der Waals surface area contributed by atoms with Crippen LogP contribution in [-0.2, 0) is 4.74 Å². The number of aromatic nitrogens is 3. The maximum atomic E-state index is 13.2. The normalized spacial score (nSPS) is 18.0. The smallest absolute Gasteiger partial charge is 0.443 e. The third-order valence-corrected chi connectivity index (χ3v) is 7.12. The van der Waals surface area contributed by atoms with Crippen LogP contribution >= 0.6 is 0 Å². The quantitative estimate of drug-likeness (QED) is 0.399. The number of alkyl halides is 3. The summed E-state index contributed by atoms with van der Waals surface area (Å²) >= 11 is 0. The Labute approximate surface area is 247 Å². The first kappa shape index (κ1) is 30.1. The number of anilines is 3. The first-order valence-corrected chi connectivity index (χ1v) is 13.9. The summed E-state index contributed by atoms with van der Waals surface area (Å²) in [6, 6.07) is 7.66. The minimum atomic E-state index is -4.89. The lowest BCUT2D eigenvalue weighted by Crippen LogP contribution is -2.45. The number of hydrogen-bond donors (Lipinski definition) is 2. The van der Waals surface area contributed by atoms with Crippen molar-refractivity contribution in [3.8, 4) is 17.1 Å². The van der Waals surface area contributed by atoms with Gasteiger partial charge in [-0.25, -0.2) is 19.7 Å². The van der Waals surface area contributed by atoms with Gasteiger partial charge in [-0.3, -0.25) is 4.79 Å². The van der Waals surface area contributed by atoms with Crippen LogP contribution in [0.1, 0.15) is 49.7 Å². The van der Waals surface area contributed by atoms with E-state index in [0.717, 1.165) is 36.8 Å². The molecule has 4 heterocycles. The van der Waals surface area contributed by atoms with E-state index in [4.69, 9.17) is 4.74 Å². The molecule has 1 saturated heterocycles. The highest BCUT2D eigenvalue weighted by molar-refractivity contribution is 6.05. The van der Waals surface area contributed by atoms with E-state index in [1.54, 1.807) is 45.0 Å². The molecule has 5 rings (SSSR count). The van der Waals surface area contributed by atoms with Crippen LogP contribution in [0.4, 0.5) is 35.3 Å². The third kappa shape index (κ3) is 7.01. The zero-order valence-corrected chi connectivity index (χ0v) is 24.6. The van der Waals surface area contributed by atoms with Gasteiger partial charge in [-0.1, -0.05) is 6.92 Å². The van der Waals surface area contributed by atoms with Crippen LogP contribution in [-0.4, -0.2) is 88.5 Å². The minimum absolute atomic E-state index is 0.0300. The molecule has 1 atom stereocenters. The zero-order valence-electron chi connectivity index (χ0n) is 24.6. The number of imide groups is 1. The Hall–Kier alpha value is -4.33. The van der Waals surface area contributed by atoms with E-state index < -0.39 is 29.7 Å². The molecule has 2 amide bonds. The van der Waals surface area contributed by atoms with E-state index >= 15 is 0 Å². The van der Waals surface area contributed by atoms with Crippen LogP contribution in [0.2, 0.25) is 0 Å². The van der Waals surface area contributed by atoms with Gasteiger partial charge in [-0.2, -0.15) is 0 Å². The van der Waals surface area contributed by atoms with E-state index in [2.05, 4.69) is 34.8 Å². The number of carbonyl (C=O) groups is 2. The maximum Gasteiger partial charge on any atom is 0.573 e. The van der Waals surface area contributed by atoms with Crippen LogP contribution in [0.5, 0.6) is 5.75 Å². The molecule has 0 spiro atoms. The van der Waals surface area contributed by atoms with Crippen LogP contribution in [0.15, 0.2) is 36.5 Å². The van der Waals surface area contributed by atoms with E-state index in [-0.39, 0.29) is 24.1 Å². The van der Waals surface area contributed by atoms with Crippen molar-refractivity contribution in [3.05, 3.63) is 47.8 Å². The number of ether oxygens (including phenoxy) is 2. The van der Waals surface area contributed by atoms with Crippen LogP contribution in [0.25, 0.3) is 11.4 Å². The van der Waals surface area contributed by atoms with Gasteiger partial charge >= 0.3 is 12.5 Å². The summed E-state index contributed by atoms with van der Waals surface area (Å²) in [4.78, 5) is 43.2. The first-order chi connectivity index (χ1) is 20.2. The second-order valence-corrected chi connectivity index (χ2v) is 11.7. The number of amides is 2. The molecule has 2 aliphatic heterocycles. The molecule has 0 bridgehead atoms. The van der Waals surface area contributed by atoms with E-state index in [1.807, 2.05) is 14.0 Å². The number of benzene rings is 1. The highest BCUT2D eigenvalue weighted by Gasteiger charge is 2.37. The van der Waals surface area contributed by atoms with Gasteiger partial charge in [0, 0.05) is 56.2 Å². The Balaban J connectivity index is 1.42. The average molecular weight is 602 g/mol. The molecule has 2 aliphatic rings. The molecular weight excluding hydrogens is 567 g/mol. The van der Waals surface area contributed by atoms with Crippen molar-refractivity contribution in [2.75, 3.05) is 50.0 Å². The summed E-state index contributed by atoms with van der Waals surface area (Å²) in [5.74, 6) is -1.08. The third-order valence-electron chi connectivity index (χ3n) is 7.12. The lowest BCUT2D eigenvalue weighted by atomic mass is 9.98. The summed E-state index contributed by atoms with van der Waals surface area (Å²) in [5, 5.41) is 2.88. The predicted molar refractivity (Wildman–Crippen MR) is 154 cm³/mol. The number of carbonyl (C=O) groups excluding carboxylic acids is 2. The van der Waals surface area contributed by atoms with Crippen molar-refractivity contribution in [1.82, 2.24) is 24.8 Å². The maximum absolute atomic E-state index is 13.2. The molecule has 1 fully saturated rings. The number of likely N-dealkylation sites (N-methyl/N-ethyl adjacent to an activating group) is 1. The number of hydrogen-bond acceptors (Lipinski definition) is 9. The van der Waals surface area contributed by atoms with Gasteiger partial charge in [0.05, 0.1) is 22.6 Å². The number of nitrogens with one attached hydrogen (secondary N) is 2. The molecule has 43 heavy (non-hydrogen) atoms. The van der Waals surface area contributed by atoms with Crippen molar-refractivity contribution in [1.29, 1.82) is 0 Å². The van der Waals surface area contributed by atoms with Crippen molar-refractivity contribution >= 4 is 29.3 Å². The molecule has 0 aliphatic carbocycles. The fourth-order valence-electron chi connectivity index (χ4n) is 5.02. The molecule has 11 nitrogen and oxygen atoms in total. The molecule has 1 unspecified atom stereocenters. The second kappa shape index (κ2) is 11.4. The van der Waals surface area contributed by atoms with Crippen molar-refractivity contribution in [2.24, 2.45) is 0 Å². The van der Waals surface area contributed by atoms with Crippen molar-refractivity contribution < 1.29 is 32.2 Å². The molecule has 14 heteroatoms. The summed E-state index contributed by atoms with van der Waals surface area (Å²) in [6.45, 7) is 10.3. The summed E-state index contributed by atoms with van der Waals surface area (Å²) < 4.78 is 49.3. The Morgan fingerprint density at radius 3 is 2.49 bits per heavy atom. The molecule has 1 aromatic carbocycles. The van der Waals surface area contributed by atoms with E-state index in [0.29, 0.717) is 22.6 Å². The number of fused-ring (bicyclic) bond motifs is 1. The molecule has 2 aromatic heterocycles. The van der Waals surface area contributed by atoms with Crippen molar-refractivity contribution in [2.45, 2.75) is 45.6 Å². The van der Waals surface area contributed by atoms with Crippen LogP contribution in [0.3, 0.4) is 0 Å². The van der Waals surface area contributed by atoms with Gasteiger partial charge in [0.25, 0.3) is 5.91 Å². The Bertz CT molecular complexity index is 1510. The highest BCUT2D eigenvalue weighted by atomic mass is 19.4. The Kier molecular flexibility index (Phi) is 7.99.